The largest absolute Gasteiger partial charge is 0.445 e. The zero-order valence-electron chi connectivity index (χ0n) is 19.3. The van der Waals surface area contributed by atoms with E-state index < -0.39 is 12.4 Å². The van der Waals surface area contributed by atoms with E-state index in [2.05, 4.69) is 5.32 Å². The summed E-state index contributed by atoms with van der Waals surface area (Å²) in [7, 11) is 0. The third-order valence-electron chi connectivity index (χ3n) is 3.72. The number of ether oxygens (including phenoxy) is 5. The number of alkyl carbamates (subject to hydrolysis) is 1. The molecule has 1 aromatic rings. The van der Waals surface area contributed by atoms with E-state index in [4.69, 9.17) is 29.4 Å². The molecule has 174 valence electrons. The van der Waals surface area contributed by atoms with Gasteiger partial charge in [-0.05, 0) is 47.1 Å². The zero-order chi connectivity index (χ0) is 22.8. The van der Waals surface area contributed by atoms with Crippen molar-refractivity contribution in [2.75, 3.05) is 26.4 Å². The Bertz CT molecular complexity index is 518. The molecule has 8 nitrogen and oxygen atoms in total. The fourth-order valence-electron chi connectivity index (χ4n) is 2.36. The van der Waals surface area contributed by atoms with Crippen LogP contribution in [0.1, 0.15) is 47.1 Å². The smallest absolute Gasteiger partial charge is 0.407 e. The standard InChI is InChI=1S/C15H23NO4.C7H17NO2/c1-4-18-14(19-5-2)12(3)16-15(17)20-11-13-9-7-6-8-10-13;1-4-9-7(6(3)8)10-5-2/h6-10,12,14H,4-5,11H2,1-3H3,(H,16,17);6-7H,4-5,8H2,1-3H3/t12-;6-/m00/s1. The molecule has 0 aromatic heterocycles. The van der Waals surface area contributed by atoms with Gasteiger partial charge in [-0.25, -0.2) is 4.79 Å². The first-order chi connectivity index (χ1) is 14.4. The maximum atomic E-state index is 11.7. The first-order valence-electron chi connectivity index (χ1n) is 10.6. The van der Waals surface area contributed by atoms with Gasteiger partial charge >= 0.3 is 6.09 Å². The topological polar surface area (TPSA) is 101 Å². The zero-order valence-corrected chi connectivity index (χ0v) is 19.3. The lowest BCUT2D eigenvalue weighted by atomic mass is 10.2. The predicted octanol–water partition coefficient (Wildman–Crippen LogP) is 3.43. The van der Waals surface area contributed by atoms with Crippen molar-refractivity contribution in [3.63, 3.8) is 0 Å². The highest BCUT2D eigenvalue weighted by atomic mass is 16.7. The fourth-order valence-corrected chi connectivity index (χ4v) is 2.36. The van der Waals surface area contributed by atoms with Crippen LogP contribution in [-0.2, 0) is 30.3 Å². The summed E-state index contributed by atoms with van der Waals surface area (Å²) in [6, 6.07) is 9.19. The van der Waals surface area contributed by atoms with E-state index >= 15 is 0 Å². The van der Waals surface area contributed by atoms with Gasteiger partial charge in [0.05, 0.1) is 12.1 Å². The van der Waals surface area contributed by atoms with Gasteiger partial charge in [-0.15, -0.1) is 0 Å². The van der Waals surface area contributed by atoms with Gasteiger partial charge in [0.2, 0.25) is 0 Å². The van der Waals surface area contributed by atoms with Crippen molar-refractivity contribution >= 4 is 6.09 Å². The molecule has 0 aliphatic heterocycles. The summed E-state index contributed by atoms with van der Waals surface area (Å²) < 4.78 is 26.4. The summed E-state index contributed by atoms with van der Waals surface area (Å²) >= 11 is 0. The van der Waals surface area contributed by atoms with Crippen LogP contribution in [0.5, 0.6) is 0 Å². The molecule has 8 heteroatoms. The van der Waals surface area contributed by atoms with Crippen LogP contribution in [0.4, 0.5) is 4.79 Å². The average Bonchev–Trinajstić information content (AvgIpc) is 2.73. The molecular weight excluding hydrogens is 388 g/mol. The molecule has 3 N–H and O–H groups in total. The third kappa shape index (κ3) is 13.5. The number of carbonyl (C=O) groups excluding carboxylic acids is 1. The van der Waals surface area contributed by atoms with E-state index in [0.29, 0.717) is 26.4 Å². The number of benzene rings is 1. The SMILES string of the molecule is CCOC(OCC)[C@H](C)N.CCOC(OCC)[C@H](C)NC(=O)OCc1ccccc1. The Kier molecular flexibility index (Phi) is 17.1. The summed E-state index contributed by atoms with van der Waals surface area (Å²) in [6.45, 7) is 13.9. The number of carbonyl (C=O) groups is 1. The van der Waals surface area contributed by atoms with Crippen LogP contribution in [0.25, 0.3) is 0 Å². The summed E-state index contributed by atoms with van der Waals surface area (Å²) in [5, 5.41) is 2.71. The van der Waals surface area contributed by atoms with E-state index in [-0.39, 0.29) is 25.0 Å². The maximum absolute atomic E-state index is 11.7. The molecule has 0 aliphatic rings. The third-order valence-corrected chi connectivity index (χ3v) is 3.72. The number of amides is 1. The molecule has 30 heavy (non-hydrogen) atoms. The van der Waals surface area contributed by atoms with Gasteiger partial charge in [0, 0.05) is 26.4 Å². The molecule has 2 atom stereocenters. The highest BCUT2D eigenvalue weighted by molar-refractivity contribution is 5.67. The molecule has 1 aromatic carbocycles. The lowest BCUT2D eigenvalue weighted by Crippen LogP contribution is -2.44. The van der Waals surface area contributed by atoms with Crippen LogP contribution in [-0.4, -0.2) is 57.2 Å². The predicted molar refractivity (Wildman–Crippen MR) is 117 cm³/mol. The first kappa shape index (κ1) is 28.3. The van der Waals surface area contributed by atoms with Gasteiger partial charge < -0.3 is 34.7 Å². The van der Waals surface area contributed by atoms with Crippen molar-refractivity contribution in [3.05, 3.63) is 35.9 Å². The van der Waals surface area contributed by atoms with Crippen LogP contribution in [0.15, 0.2) is 30.3 Å². The lowest BCUT2D eigenvalue weighted by molar-refractivity contribution is -0.149. The second-order valence-electron chi connectivity index (χ2n) is 6.41. The second kappa shape index (κ2) is 18.1. The molecule has 0 spiro atoms. The molecule has 0 radical (unpaired) electrons. The average molecular weight is 429 g/mol. The number of hydrogen-bond donors (Lipinski definition) is 2. The van der Waals surface area contributed by atoms with Crippen LogP contribution >= 0.6 is 0 Å². The summed E-state index contributed by atoms with van der Waals surface area (Å²) in [4.78, 5) is 11.7. The molecular formula is C22H40N2O6. The van der Waals surface area contributed by atoms with Gasteiger partial charge in [0.15, 0.2) is 12.6 Å². The van der Waals surface area contributed by atoms with E-state index in [1.165, 1.54) is 0 Å². The number of nitrogens with two attached hydrogens (primary N) is 1. The fraction of sp³-hybridized carbons (Fsp3) is 0.682. The Morgan fingerprint density at radius 1 is 0.867 bits per heavy atom. The summed E-state index contributed by atoms with van der Waals surface area (Å²) in [5.41, 5.74) is 6.50. The molecule has 1 rings (SSSR count). The van der Waals surface area contributed by atoms with Crippen LogP contribution in [0.2, 0.25) is 0 Å². The van der Waals surface area contributed by atoms with E-state index in [1.807, 2.05) is 71.9 Å². The van der Waals surface area contributed by atoms with Crippen LogP contribution < -0.4 is 11.1 Å². The number of hydrogen-bond acceptors (Lipinski definition) is 7. The Hall–Kier alpha value is -1.71. The van der Waals surface area contributed by atoms with Crippen molar-refractivity contribution in [1.29, 1.82) is 0 Å². The Morgan fingerprint density at radius 3 is 1.77 bits per heavy atom. The van der Waals surface area contributed by atoms with Gasteiger partial charge in [0.25, 0.3) is 0 Å². The molecule has 0 fully saturated rings. The monoisotopic (exact) mass is 428 g/mol. The lowest BCUT2D eigenvalue weighted by Gasteiger charge is -2.24. The van der Waals surface area contributed by atoms with Gasteiger partial charge in [-0.2, -0.15) is 0 Å². The van der Waals surface area contributed by atoms with Crippen molar-refractivity contribution in [2.24, 2.45) is 5.73 Å². The van der Waals surface area contributed by atoms with Gasteiger partial charge in [-0.1, -0.05) is 30.3 Å². The normalized spacial score (nSPS) is 12.8. The highest BCUT2D eigenvalue weighted by Gasteiger charge is 2.20. The Labute approximate surface area is 181 Å². The molecule has 0 aliphatic carbocycles. The van der Waals surface area contributed by atoms with Crippen molar-refractivity contribution in [1.82, 2.24) is 5.32 Å². The minimum atomic E-state index is -0.481. The molecule has 0 saturated carbocycles. The maximum Gasteiger partial charge on any atom is 0.407 e. The molecule has 0 bridgehead atoms. The molecule has 0 saturated heterocycles. The Balaban J connectivity index is 0.000000710. The first-order valence-corrected chi connectivity index (χ1v) is 10.6. The Morgan fingerprint density at radius 2 is 1.33 bits per heavy atom. The number of nitrogens with one attached hydrogen (secondary N) is 1. The minimum absolute atomic E-state index is 0.0556. The number of rotatable bonds is 13. The van der Waals surface area contributed by atoms with Gasteiger partial charge in [-0.3, -0.25) is 0 Å². The van der Waals surface area contributed by atoms with Crippen molar-refractivity contribution < 1.29 is 28.5 Å². The van der Waals surface area contributed by atoms with E-state index in [0.717, 1.165) is 5.56 Å². The van der Waals surface area contributed by atoms with Crippen molar-refractivity contribution in [3.8, 4) is 0 Å². The second-order valence-corrected chi connectivity index (χ2v) is 6.41. The summed E-state index contributed by atoms with van der Waals surface area (Å²) in [5.74, 6) is 0. The van der Waals surface area contributed by atoms with E-state index in [1.54, 1.807) is 0 Å². The van der Waals surface area contributed by atoms with Crippen LogP contribution in [0, 0.1) is 0 Å². The highest BCUT2D eigenvalue weighted by Crippen LogP contribution is 2.04. The van der Waals surface area contributed by atoms with E-state index in [9.17, 15) is 4.79 Å². The van der Waals surface area contributed by atoms with Gasteiger partial charge in [0.1, 0.15) is 6.61 Å². The minimum Gasteiger partial charge on any atom is -0.445 e. The molecule has 0 unspecified atom stereocenters. The molecule has 0 heterocycles. The van der Waals surface area contributed by atoms with Crippen molar-refractivity contribution in [2.45, 2.75) is 72.8 Å². The quantitative estimate of drug-likeness (QED) is 0.464. The molecule has 1 amide bonds. The van der Waals surface area contributed by atoms with Crippen LogP contribution in [0.3, 0.4) is 0 Å². The summed E-state index contributed by atoms with van der Waals surface area (Å²) in [6.07, 6.45) is -1.19.